The lowest BCUT2D eigenvalue weighted by Crippen LogP contribution is -2.15. The Kier molecular flexibility index (Phi) is 7.52. The lowest BCUT2D eigenvalue weighted by molar-refractivity contribution is 0.193. The van der Waals surface area contributed by atoms with Crippen LogP contribution in [0.5, 0.6) is 11.5 Å². The number of nitrogens with one attached hydrogen (secondary N) is 1. The van der Waals surface area contributed by atoms with E-state index in [1.807, 2.05) is 7.05 Å². The summed E-state index contributed by atoms with van der Waals surface area (Å²) in [7, 11) is 3.61. The molecule has 0 aliphatic carbocycles. The van der Waals surface area contributed by atoms with Gasteiger partial charge in [-0.15, -0.1) is 0 Å². The summed E-state index contributed by atoms with van der Waals surface area (Å²) in [5.74, 6) is 2.91. The third kappa shape index (κ3) is 4.74. The van der Waals surface area contributed by atoms with Crippen molar-refractivity contribution < 1.29 is 9.47 Å². The van der Waals surface area contributed by atoms with E-state index >= 15 is 0 Å². The van der Waals surface area contributed by atoms with E-state index in [0.717, 1.165) is 53.4 Å². The van der Waals surface area contributed by atoms with Gasteiger partial charge in [-0.05, 0) is 54.5 Å². The summed E-state index contributed by atoms with van der Waals surface area (Å²) < 4.78 is 11.9. The van der Waals surface area contributed by atoms with Crippen LogP contribution in [0, 0.1) is 0 Å². The molecule has 1 N–H and O–H groups in total. The summed E-state index contributed by atoms with van der Waals surface area (Å²) >= 11 is 0. The van der Waals surface area contributed by atoms with E-state index in [-0.39, 0.29) is 6.10 Å². The van der Waals surface area contributed by atoms with Crippen LogP contribution in [0.4, 0.5) is 5.82 Å². The Hall–Kier alpha value is -2.23. The maximum Gasteiger partial charge on any atom is 0.169 e. The second kappa shape index (κ2) is 9.63. The van der Waals surface area contributed by atoms with Crippen LogP contribution in [0.1, 0.15) is 64.5 Å². The second-order valence-corrected chi connectivity index (χ2v) is 7.12. The van der Waals surface area contributed by atoms with Gasteiger partial charge in [-0.2, -0.15) is 0 Å². The van der Waals surface area contributed by atoms with Crippen LogP contribution < -0.4 is 14.8 Å². The van der Waals surface area contributed by atoms with Gasteiger partial charge in [0.2, 0.25) is 0 Å². The molecule has 0 saturated heterocycles. The molecule has 0 saturated carbocycles. The summed E-state index contributed by atoms with van der Waals surface area (Å²) in [5.41, 5.74) is 4.39. The molecule has 4 heteroatoms. The van der Waals surface area contributed by atoms with Gasteiger partial charge >= 0.3 is 0 Å². The standard InChI is InChI=1S/C23H34N2O2/c1-8-16-13-21(27-18(9-2)10-3)23(24-6)25-22(16)19-12-11-17(15(4)5)14-20(19)26-7/h11-15,18H,8-10H2,1-7H3,(H,24,25). The molecular formula is C23H34N2O2. The molecule has 4 nitrogen and oxygen atoms in total. The zero-order chi connectivity index (χ0) is 20.0. The number of rotatable bonds is 9. The van der Waals surface area contributed by atoms with Crippen molar-refractivity contribution in [2.45, 2.75) is 65.9 Å². The molecular weight excluding hydrogens is 336 g/mol. The van der Waals surface area contributed by atoms with Crippen LogP contribution in [0.2, 0.25) is 0 Å². The van der Waals surface area contributed by atoms with Gasteiger partial charge in [0.25, 0.3) is 0 Å². The summed E-state index contributed by atoms with van der Waals surface area (Å²) in [4.78, 5) is 4.92. The van der Waals surface area contributed by atoms with Crippen LogP contribution in [-0.4, -0.2) is 25.2 Å². The Balaban J connectivity index is 2.57. The highest BCUT2D eigenvalue weighted by atomic mass is 16.5. The number of ether oxygens (including phenoxy) is 2. The second-order valence-electron chi connectivity index (χ2n) is 7.12. The monoisotopic (exact) mass is 370 g/mol. The Morgan fingerprint density at radius 2 is 1.74 bits per heavy atom. The number of hydrogen-bond donors (Lipinski definition) is 1. The average molecular weight is 371 g/mol. The fourth-order valence-corrected chi connectivity index (χ4v) is 3.20. The fraction of sp³-hybridized carbons (Fsp3) is 0.522. The number of aromatic nitrogens is 1. The minimum atomic E-state index is 0.203. The van der Waals surface area contributed by atoms with Crippen LogP contribution in [0.15, 0.2) is 24.3 Å². The molecule has 0 atom stereocenters. The van der Waals surface area contributed by atoms with Gasteiger partial charge in [0.05, 0.1) is 18.9 Å². The Morgan fingerprint density at radius 3 is 2.26 bits per heavy atom. The third-order valence-electron chi connectivity index (χ3n) is 5.04. The van der Waals surface area contributed by atoms with Gasteiger partial charge in [0.15, 0.2) is 11.6 Å². The van der Waals surface area contributed by atoms with Crippen LogP contribution in [-0.2, 0) is 6.42 Å². The highest BCUT2D eigenvalue weighted by Gasteiger charge is 2.18. The van der Waals surface area contributed by atoms with Crippen LogP contribution in [0.3, 0.4) is 0 Å². The van der Waals surface area contributed by atoms with Crippen molar-refractivity contribution in [3.63, 3.8) is 0 Å². The first-order valence-electron chi connectivity index (χ1n) is 10.0. The Bertz CT molecular complexity index is 752. The number of hydrogen-bond acceptors (Lipinski definition) is 4. The molecule has 0 aliphatic rings. The molecule has 1 aromatic carbocycles. The first kappa shape index (κ1) is 21.1. The van der Waals surface area contributed by atoms with E-state index in [9.17, 15) is 0 Å². The van der Waals surface area contributed by atoms with E-state index in [0.29, 0.717) is 5.92 Å². The summed E-state index contributed by atoms with van der Waals surface area (Å²) in [6.07, 6.45) is 3.04. The van der Waals surface area contributed by atoms with Crippen LogP contribution in [0.25, 0.3) is 11.3 Å². The normalized spacial score (nSPS) is 11.1. The number of methoxy groups -OCH3 is 1. The molecule has 0 aliphatic heterocycles. The zero-order valence-corrected chi connectivity index (χ0v) is 17.8. The lowest BCUT2D eigenvalue weighted by atomic mass is 9.97. The minimum absolute atomic E-state index is 0.203. The van der Waals surface area contributed by atoms with Crippen molar-refractivity contribution in [3.05, 3.63) is 35.4 Å². The molecule has 0 fully saturated rings. The molecule has 0 bridgehead atoms. The number of aryl methyl sites for hydroxylation is 1. The molecule has 0 unspecified atom stereocenters. The SMILES string of the molecule is CCc1cc(OC(CC)CC)c(NC)nc1-c1ccc(C(C)C)cc1OC. The highest BCUT2D eigenvalue weighted by Crippen LogP contribution is 2.37. The predicted molar refractivity (Wildman–Crippen MR) is 114 cm³/mol. The van der Waals surface area contributed by atoms with E-state index in [2.05, 4.69) is 64.2 Å². The molecule has 1 aromatic heterocycles. The molecule has 0 radical (unpaired) electrons. The fourth-order valence-electron chi connectivity index (χ4n) is 3.20. The maximum atomic E-state index is 6.22. The summed E-state index contributed by atoms with van der Waals surface area (Å²) in [5, 5.41) is 3.20. The van der Waals surface area contributed by atoms with Crippen molar-refractivity contribution >= 4 is 5.82 Å². The van der Waals surface area contributed by atoms with Gasteiger partial charge in [-0.3, -0.25) is 0 Å². The largest absolute Gasteiger partial charge is 0.496 e. The maximum absolute atomic E-state index is 6.22. The first-order chi connectivity index (χ1) is 13.0. The Morgan fingerprint density at radius 1 is 1.04 bits per heavy atom. The van der Waals surface area contributed by atoms with Gasteiger partial charge < -0.3 is 14.8 Å². The lowest BCUT2D eigenvalue weighted by Gasteiger charge is -2.21. The zero-order valence-electron chi connectivity index (χ0n) is 17.8. The van der Waals surface area contributed by atoms with Gasteiger partial charge in [-0.25, -0.2) is 4.98 Å². The topological polar surface area (TPSA) is 43.4 Å². The van der Waals surface area contributed by atoms with Crippen LogP contribution >= 0.6 is 0 Å². The van der Waals surface area contributed by atoms with E-state index in [4.69, 9.17) is 14.5 Å². The average Bonchev–Trinajstić information content (AvgIpc) is 2.70. The summed E-state index contributed by atoms with van der Waals surface area (Å²) in [6, 6.07) is 8.53. The van der Waals surface area contributed by atoms with Gasteiger partial charge in [0.1, 0.15) is 5.75 Å². The number of pyridine rings is 1. The van der Waals surface area contributed by atoms with E-state index in [1.165, 1.54) is 5.56 Å². The molecule has 1 heterocycles. The first-order valence-corrected chi connectivity index (χ1v) is 10.0. The quantitative estimate of drug-likeness (QED) is 0.583. The molecule has 148 valence electrons. The molecule has 0 amide bonds. The van der Waals surface area contributed by atoms with Crippen molar-refractivity contribution in [2.75, 3.05) is 19.5 Å². The van der Waals surface area contributed by atoms with Crippen molar-refractivity contribution in [2.24, 2.45) is 0 Å². The molecule has 27 heavy (non-hydrogen) atoms. The number of nitrogens with zero attached hydrogens (tertiary/aromatic N) is 1. The number of anilines is 1. The third-order valence-corrected chi connectivity index (χ3v) is 5.04. The number of benzene rings is 1. The molecule has 2 rings (SSSR count). The van der Waals surface area contributed by atoms with E-state index in [1.54, 1.807) is 7.11 Å². The van der Waals surface area contributed by atoms with Crippen molar-refractivity contribution in [1.29, 1.82) is 0 Å². The molecule has 2 aromatic rings. The van der Waals surface area contributed by atoms with Gasteiger partial charge in [-0.1, -0.05) is 40.7 Å². The predicted octanol–water partition coefficient (Wildman–Crippen LogP) is 6.05. The smallest absolute Gasteiger partial charge is 0.169 e. The minimum Gasteiger partial charge on any atom is -0.496 e. The van der Waals surface area contributed by atoms with Crippen molar-refractivity contribution in [1.82, 2.24) is 4.98 Å². The highest BCUT2D eigenvalue weighted by molar-refractivity contribution is 5.74. The Labute approximate surface area is 164 Å². The van der Waals surface area contributed by atoms with Gasteiger partial charge in [0, 0.05) is 12.6 Å². The molecule has 0 spiro atoms. The van der Waals surface area contributed by atoms with E-state index < -0.39 is 0 Å². The van der Waals surface area contributed by atoms with Crippen molar-refractivity contribution in [3.8, 4) is 22.8 Å². The summed E-state index contributed by atoms with van der Waals surface area (Å²) in [6.45, 7) is 10.8.